The van der Waals surface area contributed by atoms with E-state index >= 15 is 0 Å². The number of nitrogens with one attached hydrogen (secondary N) is 1. The van der Waals surface area contributed by atoms with Gasteiger partial charge in [-0.05, 0) is 103 Å². The van der Waals surface area contributed by atoms with Gasteiger partial charge in [-0.2, -0.15) is 0 Å². The second-order valence-electron chi connectivity index (χ2n) is 10.7. The van der Waals surface area contributed by atoms with Crippen molar-refractivity contribution in [3.63, 3.8) is 0 Å². The Hall–Kier alpha value is -3.11. The highest BCUT2D eigenvalue weighted by molar-refractivity contribution is 5.94. The van der Waals surface area contributed by atoms with Crippen molar-refractivity contribution in [2.45, 2.75) is 51.5 Å². The van der Waals surface area contributed by atoms with Gasteiger partial charge in [-0.15, -0.1) is 0 Å². The Labute approximate surface area is 215 Å². The molecule has 1 fully saturated rings. The molecule has 0 radical (unpaired) electrons. The molecule has 36 heavy (non-hydrogen) atoms. The molecular weight excluding hydrogens is 444 g/mol. The average Bonchev–Trinajstić information content (AvgIpc) is 2.89. The summed E-state index contributed by atoms with van der Waals surface area (Å²) in [5, 5.41) is 3.14. The zero-order valence-electron chi connectivity index (χ0n) is 22.0. The molecule has 0 spiro atoms. The van der Waals surface area contributed by atoms with Crippen LogP contribution in [0.5, 0.6) is 5.75 Å². The van der Waals surface area contributed by atoms with Crippen LogP contribution in [0.4, 0.5) is 0 Å². The molecule has 5 rings (SSSR count). The standard InChI is InChI=1S/C32H38N2O2/c1-5-36-28-14-12-25(13-15-28)24-8-6-23(7-9-24)16-18-33-31(35)27-11-10-26-21-30-22(2)32(3,29(26)20-27)17-19-34(30)4/h6-15,20,22,30H,5,16-19,21H2,1-4H3,(H,33,35). The zero-order valence-corrected chi connectivity index (χ0v) is 22.0. The molecule has 4 nitrogen and oxygen atoms in total. The lowest BCUT2D eigenvalue weighted by Gasteiger charge is -2.53. The van der Waals surface area contributed by atoms with Gasteiger partial charge in [-0.1, -0.05) is 56.3 Å². The van der Waals surface area contributed by atoms with Crippen molar-refractivity contribution in [1.29, 1.82) is 0 Å². The smallest absolute Gasteiger partial charge is 0.251 e. The van der Waals surface area contributed by atoms with Gasteiger partial charge in [0.1, 0.15) is 5.75 Å². The van der Waals surface area contributed by atoms with E-state index in [0.717, 1.165) is 37.1 Å². The molecule has 1 aliphatic heterocycles. The quantitative estimate of drug-likeness (QED) is 0.457. The highest BCUT2D eigenvalue weighted by atomic mass is 16.5. The minimum absolute atomic E-state index is 0.0233. The number of nitrogens with zero attached hydrogens (tertiary/aromatic N) is 1. The van der Waals surface area contributed by atoms with Gasteiger partial charge in [0, 0.05) is 18.2 Å². The summed E-state index contributed by atoms with van der Waals surface area (Å²) in [6.45, 7) is 9.20. The number of amides is 1. The highest BCUT2D eigenvalue weighted by Crippen LogP contribution is 2.48. The molecule has 1 saturated heterocycles. The largest absolute Gasteiger partial charge is 0.494 e. The fourth-order valence-electron chi connectivity index (χ4n) is 6.17. The number of rotatable bonds is 7. The number of hydrogen-bond acceptors (Lipinski definition) is 3. The lowest BCUT2D eigenvalue weighted by Crippen LogP contribution is -2.56. The molecule has 1 heterocycles. The predicted octanol–water partition coefficient (Wildman–Crippen LogP) is 5.88. The molecule has 2 bridgehead atoms. The number of likely N-dealkylation sites (N-methyl/N-ethyl adjacent to an activating group) is 1. The third kappa shape index (κ3) is 4.67. The molecule has 1 aliphatic carbocycles. The molecule has 4 heteroatoms. The lowest BCUT2D eigenvalue weighted by atomic mass is 9.59. The number of fused-ring (bicyclic) bond motifs is 4. The van der Waals surface area contributed by atoms with Crippen LogP contribution in [-0.2, 0) is 18.3 Å². The zero-order chi connectivity index (χ0) is 25.3. The molecular formula is C32H38N2O2. The predicted molar refractivity (Wildman–Crippen MR) is 147 cm³/mol. The van der Waals surface area contributed by atoms with Crippen molar-refractivity contribution < 1.29 is 9.53 Å². The van der Waals surface area contributed by atoms with Gasteiger partial charge in [0.05, 0.1) is 6.61 Å². The van der Waals surface area contributed by atoms with Crippen molar-refractivity contribution in [3.05, 3.63) is 89.0 Å². The summed E-state index contributed by atoms with van der Waals surface area (Å²) in [6, 6.07) is 23.8. The molecule has 0 aromatic heterocycles. The maximum absolute atomic E-state index is 13.0. The first-order valence-electron chi connectivity index (χ1n) is 13.3. The van der Waals surface area contributed by atoms with E-state index in [9.17, 15) is 4.79 Å². The Morgan fingerprint density at radius 3 is 2.44 bits per heavy atom. The summed E-state index contributed by atoms with van der Waals surface area (Å²) in [4.78, 5) is 15.5. The fraction of sp³-hybridized carbons (Fsp3) is 0.406. The SMILES string of the molecule is CCOc1ccc(-c2ccc(CCNC(=O)c3ccc4c(c3)C3(C)CCN(C)C(C4)C3C)cc2)cc1. The Morgan fingerprint density at radius 2 is 1.75 bits per heavy atom. The molecule has 0 saturated carbocycles. The van der Waals surface area contributed by atoms with Gasteiger partial charge < -0.3 is 15.0 Å². The number of carbonyl (C=O) groups excluding carboxylic acids is 1. The van der Waals surface area contributed by atoms with Crippen molar-refractivity contribution >= 4 is 5.91 Å². The molecule has 3 aromatic carbocycles. The normalized spacial score (nSPS) is 23.1. The van der Waals surface area contributed by atoms with Crippen LogP contribution in [0, 0.1) is 5.92 Å². The van der Waals surface area contributed by atoms with Crippen molar-refractivity contribution in [3.8, 4) is 16.9 Å². The van der Waals surface area contributed by atoms with Gasteiger partial charge in [0.2, 0.25) is 0 Å². The highest BCUT2D eigenvalue weighted by Gasteiger charge is 2.47. The topological polar surface area (TPSA) is 41.6 Å². The van der Waals surface area contributed by atoms with Crippen LogP contribution in [0.1, 0.15) is 54.2 Å². The van der Waals surface area contributed by atoms with Gasteiger partial charge in [0.25, 0.3) is 5.91 Å². The number of likely N-dealkylation sites (tertiary alicyclic amines) is 1. The maximum atomic E-state index is 13.0. The summed E-state index contributed by atoms with van der Waals surface area (Å²) in [6.07, 6.45) is 3.03. The second-order valence-corrected chi connectivity index (χ2v) is 10.7. The third-order valence-electron chi connectivity index (χ3n) is 8.70. The summed E-state index contributed by atoms with van der Waals surface area (Å²) in [7, 11) is 2.25. The molecule has 3 aromatic rings. The number of piperidine rings is 1. The van der Waals surface area contributed by atoms with Crippen LogP contribution < -0.4 is 10.1 Å². The second kappa shape index (κ2) is 10.1. The van der Waals surface area contributed by atoms with E-state index in [1.807, 2.05) is 25.1 Å². The van der Waals surface area contributed by atoms with E-state index in [0.29, 0.717) is 25.1 Å². The Kier molecular flexibility index (Phi) is 6.90. The van der Waals surface area contributed by atoms with E-state index in [1.165, 1.54) is 27.8 Å². The van der Waals surface area contributed by atoms with E-state index in [4.69, 9.17) is 4.74 Å². The van der Waals surface area contributed by atoms with Crippen molar-refractivity contribution in [1.82, 2.24) is 10.2 Å². The van der Waals surface area contributed by atoms with Crippen LogP contribution in [0.2, 0.25) is 0 Å². The van der Waals surface area contributed by atoms with Crippen LogP contribution >= 0.6 is 0 Å². The van der Waals surface area contributed by atoms with Crippen LogP contribution in [0.15, 0.2) is 66.7 Å². The minimum atomic E-state index is 0.0233. The Bertz CT molecular complexity index is 1220. The summed E-state index contributed by atoms with van der Waals surface area (Å²) < 4.78 is 5.53. The molecule has 188 valence electrons. The fourth-order valence-corrected chi connectivity index (χ4v) is 6.17. The van der Waals surface area contributed by atoms with Gasteiger partial charge in [-0.25, -0.2) is 0 Å². The molecule has 3 unspecified atom stereocenters. The summed E-state index contributed by atoms with van der Waals surface area (Å²) >= 11 is 0. The third-order valence-corrected chi connectivity index (χ3v) is 8.70. The minimum Gasteiger partial charge on any atom is -0.494 e. The van der Waals surface area contributed by atoms with Crippen molar-refractivity contribution in [2.24, 2.45) is 5.92 Å². The number of benzene rings is 3. The Morgan fingerprint density at radius 1 is 1.06 bits per heavy atom. The first-order chi connectivity index (χ1) is 17.4. The molecule has 2 aliphatic rings. The number of carbonyl (C=O) groups is 1. The summed E-state index contributed by atoms with van der Waals surface area (Å²) in [5.74, 6) is 1.51. The van der Waals surface area contributed by atoms with E-state index in [-0.39, 0.29) is 11.3 Å². The molecule has 1 N–H and O–H groups in total. The first-order valence-corrected chi connectivity index (χ1v) is 13.3. The van der Waals surface area contributed by atoms with Crippen LogP contribution in [0.3, 0.4) is 0 Å². The number of ether oxygens (including phenoxy) is 1. The van der Waals surface area contributed by atoms with Crippen LogP contribution in [0.25, 0.3) is 11.1 Å². The average molecular weight is 483 g/mol. The maximum Gasteiger partial charge on any atom is 0.251 e. The number of hydrogen-bond donors (Lipinski definition) is 1. The van der Waals surface area contributed by atoms with Crippen molar-refractivity contribution in [2.75, 3.05) is 26.7 Å². The molecule has 3 atom stereocenters. The van der Waals surface area contributed by atoms with Crippen LogP contribution in [-0.4, -0.2) is 43.6 Å². The Balaban J connectivity index is 1.20. The van der Waals surface area contributed by atoms with Gasteiger partial charge in [0.15, 0.2) is 0 Å². The monoisotopic (exact) mass is 482 g/mol. The van der Waals surface area contributed by atoms with Gasteiger partial charge in [-0.3, -0.25) is 4.79 Å². The lowest BCUT2D eigenvalue weighted by molar-refractivity contribution is 0.0507. The van der Waals surface area contributed by atoms with E-state index in [1.54, 1.807) is 0 Å². The summed E-state index contributed by atoms with van der Waals surface area (Å²) in [5.41, 5.74) is 7.29. The molecule has 1 amide bonds. The first kappa shape index (κ1) is 24.6. The van der Waals surface area contributed by atoms with Gasteiger partial charge >= 0.3 is 0 Å². The van der Waals surface area contributed by atoms with E-state index < -0.39 is 0 Å². The van der Waals surface area contributed by atoms with E-state index in [2.05, 4.69) is 79.6 Å².